The Labute approximate surface area is 135 Å². The highest BCUT2D eigenvalue weighted by molar-refractivity contribution is 9.11. The molecule has 3 N–H and O–H groups in total. The lowest BCUT2D eigenvalue weighted by molar-refractivity contribution is 0.601. The van der Waals surface area contributed by atoms with Gasteiger partial charge in [0.05, 0.1) is 14.5 Å². The average molecular weight is 396 g/mol. The summed E-state index contributed by atoms with van der Waals surface area (Å²) in [6.07, 6.45) is 0. The first kappa shape index (κ1) is 15.8. The van der Waals surface area contributed by atoms with E-state index in [1.165, 1.54) is 11.3 Å². The van der Waals surface area contributed by atoms with Crippen molar-refractivity contribution >= 4 is 54.6 Å². The van der Waals surface area contributed by atoms with Crippen molar-refractivity contribution in [3.05, 3.63) is 43.5 Å². The Balaban J connectivity index is 2.43. The van der Waals surface area contributed by atoms with Gasteiger partial charge in [-0.3, -0.25) is 4.72 Å². The maximum absolute atomic E-state index is 12.4. The maximum atomic E-state index is 12.4. The number of hydrogen-bond donors (Lipinski definition) is 2. The number of aryl methyl sites for hydroxylation is 1. The molecule has 1 aromatic heterocycles. The van der Waals surface area contributed by atoms with E-state index in [2.05, 4.69) is 20.7 Å². The number of nitrogens with two attached hydrogens (primary N) is 1. The van der Waals surface area contributed by atoms with Crippen molar-refractivity contribution in [2.45, 2.75) is 18.4 Å². The van der Waals surface area contributed by atoms with Gasteiger partial charge in [0.1, 0.15) is 4.90 Å². The minimum atomic E-state index is -3.70. The summed E-state index contributed by atoms with van der Waals surface area (Å²) in [5.74, 6) is 0. The van der Waals surface area contributed by atoms with Gasteiger partial charge in [-0.25, -0.2) is 8.42 Å². The fourth-order valence-electron chi connectivity index (χ4n) is 1.63. The highest BCUT2D eigenvalue weighted by Crippen LogP contribution is 2.34. The molecule has 0 unspecified atom stereocenters. The molecular formula is C12H12BrClN2O2S2. The molecule has 0 bridgehead atoms. The van der Waals surface area contributed by atoms with E-state index in [0.29, 0.717) is 21.0 Å². The third-order valence-corrected chi connectivity index (χ3v) is 6.59. The topological polar surface area (TPSA) is 72.2 Å². The zero-order valence-corrected chi connectivity index (χ0v) is 14.5. The summed E-state index contributed by atoms with van der Waals surface area (Å²) >= 11 is 10.6. The lowest BCUT2D eigenvalue weighted by atomic mass is 10.2. The van der Waals surface area contributed by atoms with Crippen molar-refractivity contribution in [1.29, 1.82) is 0 Å². The van der Waals surface area contributed by atoms with Crippen LogP contribution in [0.25, 0.3) is 0 Å². The van der Waals surface area contributed by atoms with Gasteiger partial charge in [0, 0.05) is 11.4 Å². The fraction of sp³-hybridized carbons (Fsp3) is 0.167. The second kappa shape index (κ2) is 6.03. The van der Waals surface area contributed by atoms with Crippen LogP contribution in [-0.4, -0.2) is 8.42 Å². The number of thiophene rings is 1. The Bertz CT molecular complexity index is 724. The molecule has 0 atom stereocenters. The van der Waals surface area contributed by atoms with Crippen molar-refractivity contribution in [3.63, 3.8) is 0 Å². The highest BCUT2D eigenvalue weighted by atomic mass is 79.9. The van der Waals surface area contributed by atoms with E-state index in [1.807, 2.05) is 0 Å². The molecule has 2 rings (SSSR count). The van der Waals surface area contributed by atoms with Gasteiger partial charge in [-0.1, -0.05) is 23.7 Å². The molecule has 8 heteroatoms. The van der Waals surface area contributed by atoms with Crippen LogP contribution in [-0.2, 0) is 16.6 Å². The van der Waals surface area contributed by atoms with Gasteiger partial charge < -0.3 is 5.73 Å². The van der Waals surface area contributed by atoms with Crippen molar-refractivity contribution in [2.75, 3.05) is 4.72 Å². The van der Waals surface area contributed by atoms with Crippen LogP contribution in [0.2, 0.25) is 5.02 Å². The summed E-state index contributed by atoms with van der Waals surface area (Å²) < 4.78 is 27.9. The zero-order chi connectivity index (χ0) is 14.9. The SMILES string of the molecule is Cc1cccc(Cl)c1NS(=O)(=O)c1cc(CN)sc1Br. The van der Waals surface area contributed by atoms with E-state index in [-0.39, 0.29) is 4.90 Å². The lowest BCUT2D eigenvalue weighted by Crippen LogP contribution is -2.14. The first-order valence-corrected chi connectivity index (χ1v) is 9.08. The number of halogens is 2. The molecule has 4 nitrogen and oxygen atoms in total. The number of hydrogen-bond acceptors (Lipinski definition) is 4. The Morgan fingerprint density at radius 1 is 1.45 bits per heavy atom. The van der Waals surface area contributed by atoms with Gasteiger partial charge >= 0.3 is 0 Å². The van der Waals surface area contributed by atoms with Crippen LogP contribution in [0.15, 0.2) is 32.9 Å². The van der Waals surface area contributed by atoms with Crippen LogP contribution in [0.3, 0.4) is 0 Å². The Morgan fingerprint density at radius 2 is 2.15 bits per heavy atom. The quantitative estimate of drug-likeness (QED) is 0.828. The predicted molar refractivity (Wildman–Crippen MR) is 86.9 cm³/mol. The fourth-order valence-corrected chi connectivity index (χ4v) is 5.67. The molecule has 1 aromatic carbocycles. The molecule has 1 heterocycles. The van der Waals surface area contributed by atoms with Crippen LogP contribution < -0.4 is 10.5 Å². The van der Waals surface area contributed by atoms with Crippen molar-refractivity contribution in [1.82, 2.24) is 0 Å². The second-order valence-corrected chi connectivity index (χ2v) is 8.60. The van der Waals surface area contributed by atoms with Crippen LogP contribution in [0, 0.1) is 6.92 Å². The smallest absolute Gasteiger partial charge is 0.263 e. The number of nitrogens with one attached hydrogen (secondary N) is 1. The van der Waals surface area contributed by atoms with E-state index >= 15 is 0 Å². The van der Waals surface area contributed by atoms with Gasteiger partial charge in [0.25, 0.3) is 10.0 Å². The highest BCUT2D eigenvalue weighted by Gasteiger charge is 2.22. The molecule has 0 aliphatic heterocycles. The van der Waals surface area contributed by atoms with E-state index in [0.717, 1.165) is 10.4 Å². The van der Waals surface area contributed by atoms with Crippen molar-refractivity contribution in [2.24, 2.45) is 5.73 Å². The summed E-state index contributed by atoms with van der Waals surface area (Å²) in [5, 5.41) is 0.360. The Hall–Kier alpha value is -0.600. The first-order valence-electron chi connectivity index (χ1n) is 5.61. The largest absolute Gasteiger partial charge is 0.326 e. The Morgan fingerprint density at radius 3 is 2.70 bits per heavy atom. The van der Waals surface area contributed by atoms with Crippen molar-refractivity contribution in [3.8, 4) is 0 Å². The third kappa shape index (κ3) is 3.17. The van der Waals surface area contributed by atoms with Crippen LogP contribution >= 0.6 is 38.9 Å². The zero-order valence-electron chi connectivity index (χ0n) is 10.5. The lowest BCUT2D eigenvalue weighted by Gasteiger charge is -2.11. The number of para-hydroxylation sites is 1. The van der Waals surface area contributed by atoms with Gasteiger partial charge in [-0.05, 0) is 40.5 Å². The van der Waals surface area contributed by atoms with Crippen molar-refractivity contribution < 1.29 is 8.42 Å². The van der Waals surface area contributed by atoms with E-state index in [1.54, 1.807) is 31.2 Å². The number of anilines is 1. The molecule has 0 saturated heterocycles. The molecule has 108 valence electrons. The van der Waals surface area contributed by atoms with Crippen LogP contribution in [0.1, 0.15) is 10.4 Å². The van der Waals surface area contributed by atoms with E-state index in [4.69, 9.17) is 17.3 Å². The summed E-state index contributed by atoms with van der Waals surface area (Å²) in [5.41, 5.74) is 6.68. The molecular weight excluding hydrogens is 384 g/mol. The summed E-state index contributed by atoms with van der Waals surface area (Å²) in [4.78, 5) is 0.954. The van der Waals surface area contributed by atoms with Crippen LogP contribution in [0.5, 0.6) is 0 Å². The minimum Gasteiger partial charge on any atom is -0.326 e. The molecule has 0 saturated carbocycles. The monoisotopic (exact) mass is 394 g/mol. The molecule has 0 spiro atoms. The van der Waals surface area contributed by atoms with Gasteiger partial charge in [-0.15, -0.1) is 11.3 Å². The summed E-state index contributed by atoms with van der Waals surface area (Å²) in [6.45, 7) is 2.08. The second-order valence-electron chi connectivity index (χ2n) is 4.09. The molecule has 20 heavy (non-hydrogen) atoms. The normalized spacial score (nSPS) is 11.6. The number of sulfonamides is 1. The van der Waals surface area contributed by atoms with Gasteiger partial charge in [-0.2, -0.15) is 0 Å². The molecule has 0 aliphatic rings. The molecule has 0 aliphatic carbocycles. The van der Waals surface area contributed by atoms with E-state index in [9.17, 15) is 8.42 Å². The summed E-state index contributed by atoms with van der Waals surface area (Å²) in [7, 11) is -3.70. The standard InChI is InChI=1S/C12H12BrClN2O2S2/c1-7-3-2-4-9(14)11(7)16-20(17,18)10-5-8(6-15)19-12(10)13/h2-5,16H,6,15H2,1H3. The Kier molecular flexibility index (Phi) is 4.76. The van der Waals surface area contributed by atoms with Gasteiger partial charge in [0.15, 0.2) is 0 Å². The van der Waals surface area contributed by atoms with Gasteiger partial charge in [0.2, 0.25) is 0 Å². The van der Waals surface area contributed by atoms with E-state index < -0.39 is 10.0 Å². The molecule has 0 amide bonds. The first-order chi connectivity index (χ1) is 9.35. The van der Waals surface area contributed by atoms with Crippen LogP contribution in [0.4, 0.5) is 5.69 Å². The average Bonchev–Trinajstić information content (AvgIpc) is 2.76. The molecule has 0 fully saturated rings. The third-order valence-electron chi connectivity index (χ3n) is 2.66. The minimum absolute atomic E-state index is 0.169. The summed E-state index contributed by atoms with van der Waals surface area (Å²) in [6, 6.07) is 6.75. The molecule has 0 radical (unpaired) electrons. The number of benzene rings is 1. The predicted octanol–water partition coefficient (Wildman–Crippen LogP) is 3.73. The number of rotatable bonds is 4. The maximum Gasteiger partial charge on any atom is 0.263 e. The molecule has 2 aromatic rings.